The van der Waals surface area contributed by atoms with Crippen LogP contribution in [-0.2, 0) is 38.9 Å². The maximum absolute atomic E-state index is 14.4. The Balaban J connectivity index is 0.703. The van der Waals surface area contributed by atoms with Gasteiger partial charge in [-0.2, -0.15) is 13.2 Å². The molecule has 11 rings (SSSR count). The van der Waals surface area contributed by atoms with Crippen LogP contribution in [0.3, 0.4) is 0 Å². The van der Waals surface area contributed by atoms with Crippen LogP contribution in [0, 0.1) is 16.2 Å². The number of carbonyl (C=O) groups is 5. The van der Waals surface area contributed by atoms with Crippen LogP contribution in [0.25, 0.3) is 0 Å². The van der Waals surface area contributed by atoms with Crippen LogP contribution in [-0.4, -0.2) is 177 Å². The van der Waals surface area contributed by atoms with Crippen molar-refractivity contribution in [3.63, 3.8) is 0 Å². The highest BCUT2D eigenvalue weighted by molar-refractivity contribution is 7.99. The number of sulfone groups is 1. The number of halogens is 5. The fraction of sp³-hybridized carbons (Fsp3) is 0.508. The first-order valence-electron chi connectivity index (χ1n) is 30.1. The number of alkyl halides is 5. The number of amides is 5. The Bertz CT molecular complexity index is 3610. The van der Waals surface area contributed by atoms with E-state index in [9.17, 15) is 62.8 Å². The molecule has 0 aromatic heterocycles. The molecule has 4 aromatic carbocycles. The summed E-state index contributed by atoms with van der Waals surface area (Å²) < 4.78 is 138. The number of allylic oxidation sites excluding steroid dienone is 1. The van der Waals surface area contributed by atoms with Crippen LogP contribution < -0.4 is 25.6 Å². The number of thioether (sulfide) groups is 1. The summed E-state index contributed by atoms with van der Waals surface area (Å²) in [5.74, 6) is -3.25. The van der Waals surface area contributed by atoms with E-state index in [1.54, 1.807) is 24.3 Å². The summed E-state index contributed by atoms with van der Waals surface area (Å²) in [5, 5.41) is 8.25. The lowest BCUT2D eigenvalue weighted by molar-refractivity contribution is -0.250. The molecule has 3 saturated carbocycles. The maximum atomic E-state index is 14.4. The second kappa shape index (κ2) is 27.0. The molecule has 4 aromatic rings. The van der Waals surface area contributed by atoms with Gasteiger partial charge in [0.1, 0.15) is 10.9 Å². The van der Waals surface area contributed by atoms with E-state index in [1.165, 1.54) is 41.1 Å². The normalized spacial score (nSPS) is 22.3. The van der Waals surface area contributed by atoms with Crippen LogP contribution in [0.5, 0.6) is 0 Å². The minimum Gasteiger partial charge on any atom is -0.382 e. The third-order valence-corrected chi connectivity index (χ3v) is 22.2. The number of piperazine rings is 1. The number of rotatable bonds is 28. The molecular weight excluding hydrogens is 1240 g/mol. The molecule has 3 aliphatic heterocycles. The SMILES string of the molecule is CN(CCOCCOCCNc1cccc2c1C(=O)N(C1CCC(=O)NC1=O)C2=O)CC[C@H](CSc1ccccc1)Nc1ccc(S(=O)(=O)NC(=O)c2ccc(N3CCN(CC4=C(C56CC(C(F)F)(C5)C6)CC(C)(C)CC4)CC3)cc2)cc1S(=O)(=O)C(F)(F)F. The number of nitrogens with zero attached hydrogens (tertiary/aromatic N) is 4. The lowest BCUT2D eigenvalue weighted by Gasteiger charge is -2.72. The van der Waals surface area contributed by atoms with Crippen molar-refractivity contribution in [2.45, 2.75) is 110 Å². The molecule has 7 aliphatic rings. The molecule has 2 atom stereocenters. The Labute approximate surface area is 525 Å². The van der Waals surface area contributed by atoms with E-state index in [0.717, 1.165) is 66.5 Å². The third-order valence-electron chi connectivity index (χ3n) is 18.2. The summed E-state index contributed by atoms with van der Waals surface area (Å²) in [4.78, 5) is 70.2. The number of fused-ring (bicyclic) bond motifs is 1. The van der Waals surface area contributed by atoms with Crippen LogP contribution in [0.4, 0.5) is 39.0 Å². The number of sulfonamides is 1. The molecule has 4 aliphatic carbocycles. The standard InChI is InChI=1S/C63H75F5N8O11S3/c1-60(2)22-20-42(48(35-60)61-38-62(39-61,40-61)59(64)65)36-74-25-27-75(28-26-74)44-14-12-41(13-15-44)55(78)72-90(84,85)46-16-17-49(52(34-46)89(82,83)63(66,67)68)70-43(37-88-45-8-5-4-6-9-45)21-24-73(3)29-31-87-33-32-86-30-23-69-50-11-7-10-47-54(50)58(81)76(57(47)80)51-18-19-53(77)71-56(51)79/h4-17,34,43,51,59,69-70H,18-33,35-40H2,1-3H3,(H,72,78)(H,71,77,79)/t43-,51?,61?,62?/m1/s1. The van der Waals surface area contributed by atoms with Gasteiger partial charge >= 0.3 is 5.51 Å². The van der Waals surface area contributed by atoms with E-state index in [-0.39, 0.29) is 85.5 Å². The van der Waals surface area contributed by atoms with Gasteiger partial charge in [-0.25, -0.2) is 30.3 Å². The first kappa shape index (κ1) is 66.4. The zero-order valence-corrected chi connectivity index (χ0v) is 52.8. The van der Waals surface area contributed by atoms with Crippen molar-refractivity contribution in [2.75, 3.05) is 107 Å². The fourth-order valence-electron chi connectivity index (χ4n) is 13.2. The van der Waals surface area contributed by atoms with Crippen LogP contribution in [0.15, 0.2) is 117 Å². The van der Waals surface area contributed by atoms with Gasteiger partial charge in [0.05, 0.1) is 48.1 Å². The third kappa shape index (κ3) is 14.6. The zero-order valence-electron chi connectivity index (χ0n) is 50.3. The number of carbonyl (C=O) groups excluding carboxylic acids is 5. The van der Waals surface area contributed by atoms with Gasteiger partial charge in [-0.1, -0.05) is 49.3 Å². The molecule has 5 amide bonds. The average molecular weight is 1310 g/mol. The summed E-state index contributed by atoms with van der Waals surface area (Å²) in [6, 6.07) is 20.7. The van der Waals surface area contributed by atoms with E-state index < -0.39 is 94.3 Å². The number of anilines is 3. The summed E-state index contributed by atoms with van der Waals surface area (Å²) in [6.45, 7) is 10.1. The Morgan fingerprint density at radius 3 is 2.20 bits per heavy atom. The van der Waals surface area contributed by atoms with Gasteiger partial charge in [-0.3, -0.25) is 39.1 Å². The van der Waals surface area contributed by atoms with Crippen molar-refractivity contribution < 1.29 is 72.2 Å². The van der Waals surface area contributed by atoms with Crippen molar-refractivity contribution in [1.82, 2.24) is 24.7 Å². The highest BCUT2D eigenvalue weighted by Gasteiger charge is 2.73. The van der Waals surface area contributed by atoms with Crippen molar-refractivity contribution in [2.24, 2.45) is 16.2 Å². The molecule has 2 bridgehead atoms. The lowest BCUT2D eigenvalue weighted by Crippen LogP contribution is -2.66. The number of likely N-dealkylation sites (N-methyl/N-ethyl adjacent to an activating group) is 1. The van der Waals surface area contributed by atoms with Gasteiger partial charge in [-0.05, 0) is 143 Å². The molecule has 19 nitrogen and oxygen atoms in total. The van der Waals surface area contributed by atoms with Gasteiger partial charge in [0.15, 0.2) is 0 Å². The van der Waals surface area contributed by atoms with E-state index in [0.29, 0.717) is 57.2 Å². The van der Waals surface area contributed by atoms with Crippen molar-refractivity contribution in [1.29, 1.82) is 0 Å². The minimum absolute atomic E-state index is 0.00170. The summed E-state index contributed by atoms with van der Waals surface area (Å²) in [6.07, 6.45) is 2.73. The highest BCUT2D eigenvalue weighted by Crippen LogP contribution is 2.79. The van der Waals surface area contributed by atoms with E-state index >= 15 is 0 Å². The molecule has 0 radical (unpaired) electrons. The monoisotopic (exact) mass is 1310 g/mol. The number of ether oxygens (including phenoxy) is 2. The number of hydrogen-bond acceptors (Lipinski definition) is 17. The second-order valence-corrected chi connectivity index (χ2v) is 29.8. The van der Waals surface area contributed by atoms with Gasteiger partial charge < -0.3 is 29.9 Å². The predicted octanol–water partition coefficient (Wildman–Crippen LogP) is 8.60. The molecule has 27 heteroatoms. The fourth-order valence-corrected chi connectivity index (χ4v) is 16.2. The number of nitrogens with one attached hydrogen (secondary N) is 4. The van der Waals surface area contributed by atoms with E-state index in [4.69, 9.17) is 9.47 Å². The summed E-state index contributed by atoms with van der Waals surface area (Å²) in [5.41, 5.74) is -2.87. The Hall–Kier alpha value is -6.49. The highest BCUT2D eigenvalue weighted by atomic mass is 32.2. The maximum Gasteiger partial charge on any atom is 0.501 e. The molecule has 3 heterocycles. The largest absolute Gasteiger partial charge is 0.501 e. The Kier molecular flexibility index (Phi) is 19.9. The Morgan fingerprint density at radius 1 is 0.822 bits per heavy atom. The summed E-state index contributed by atoms with van der Waals surface area (Å²) >= 11 is 1.38. The van der Waals surface area contributed by atoms with E-state index in [1.807, 2.05) is 47.0 Å². The molecule has 5 fully saturated rings. The van der Waals surface area contributed by atoms with Crippen molar-refractivity contribution in [3.8, 4) is 0 Å². The number of imide groups is 2. The second-order valence-electron chi connectivity index (χ2n) is 25.1. The Morgan fingerprint density at radius 2 is 1.52 bits per heavy atom. The predicted molar refractivity (Wildman–Crippen MR) is 329 cm³/mol. The molecule has 4 N–H and O–H groups in total. The van der Waals surface area contributed by atoms with E-state index in [2.05, 4.69) is 39.6 Å². The van der Waals surface area contributed by atoms with Crippen LogP contribution in [0.2, 0.25) is 0 Å². The number of hydrogen-bond donors (Lipinski definition) is 4. The van der Waals surface area contributed by atoms with Gasteiger partial charge in [0, 0.05) is 91.3 Å². The average Bonchev–Trinajstić information content (AvgIpc) is 0.782. The first-order valence-corrected chi connectivity index (χ1v) is 34.1. The number of piperidine rings is 1. The molecule has 2 saturated heterocycles. The quantitative estimate of drug-likeness (QED) is 0.0137. The minimum atomic E-state index is -6.17. The molecular formula is C63H75F5N8O11S3. The van der Waals surface area contributed by atoms with Crippen molar-refractivity contribution >= 4 is 78.2 Å². The van der Waals surface area contributed by atoms with Gasteiger partial charge in [0.2, 0.25) is 18.2 Å². The summed E-state index contributed by atoms with van der Waals surface area (Å²) in [7, 11) is -9.31. The van der Waals surface area contributed by atoms with Gasteiger partial charge in [-0.15, -0.1) is 11.8 Å². The molecule has 1 unspecified atom stereocenters. The molecule has 486 valence electrons. The molecule has 90 heavy (non-hydrogen) atoms. The molecule has 0 spiro atoms. The van der Waals surface area contributed by atoms with Crippen molar-refractivity contribution in [3.05, 3.63) is 119 Å². The first-order chi connectivity index (χ1) is 42.7. The smallest absolute Gasteiger partial charge is 0.382 e. The van der Waals surface area contributed by atoms with Crippen LogP contribution in [0.1, 0.15) is 103 Å². The lowest BCUT2D eigenvalue weighted by atomic mass is 9.32. The number of benzene rings is 4. The topological polar surface area (TPSA) is 233 Å². The van der Waals surface area contributed by atoms with Gasteiger partial charge in [0.25, 0.3) is 37.6 Å². The van der Waals surface area contributed by atoms with Crippen LogP contribution >= 0.6 is 11.8 Å². The zero-order chi connectivity index (χ0) is 64.4.